The largest absolute Gasteiger partial charge is 0.467 e. The molecule has 1 unspecified atom stereocenters. The highest BCUT2D eigenvalue weighted by molar-refractivity contribution is 6.07. The van der Waals surface area contributed by atoms with Gasteiger partial charge < -0.3 is 4.74 Å². The van der Waals surface area contributed by atoms with Crippen LogP contribution in [-0.4, -0.2) is 35.8 Å². The van der Waals surface area contributed by atoms with Crippen LogP contribution in [0.5, 0.6) is 0 Å². The molecule has 104 valence electrons. The number of imide groups is 1. The molecule has 0 aliphatic carbocycles. The molecule has 1 aliphatic rings. The average molecular weight is 273 g/mol. The topological polar surface area (TPSA) is 63.7 Å². The van der Waals surface area contributed by atoms with Crippen molar-refractivity contribution >= 4 is 23.9 Å². The number of nitrogens with zero attached hydrogens (tertiary/aromatic N) is 1. The summed E-state index contributed by atoms with van der Waals surface area (Å²) in [6, 6.07) is 8.45. The summed E-state index contributed by atoms with van der Waals surface area (Å²) >= 11 is 0. The highest BCUT2D eigenvalue weighted by Crippen LogP contribution is 2.20. The maximum Gasteiger partial charge on any atom is 0.329 e. The van der Waals surface area contributed by atoms with E-state index < -0.39 is 17.9 Å². The second-order valence-electron chi connectivity index (χ2n) is 4.42. The minimum Gasteiger partial charge on any atom is -0.467 e. The fourth-order valence-electron chi connectivity index (χ4n) is 2.13. The number of carbonyl (C=O) groups is 3. The van der Waals surface area contributed by atoms with Gasteiger partial charge in [0.1, 0.15) is 6.04 Å². The molecule has 0 bridgehead atoms. The number of methoxy groups -OCH3 is 1. The Morgan fingerprint density at radius 3 is 2.65 bits per heavy atom. The van der Waals surface area contributed by atoms with E-state index in [9.17, 15) is 14.4 Å². The summed E-state index contributed by atoms with van der Waals surface area (Å²) < 4.78 is 4.62. The number of esters is 1. The predicted octanol–water partition coefficient (Wildman–Crippen LogP) is 1.39. The molecule has 1 aromatic carbocycles. The van der Waals surface area contributed by atoms with E-state index in [1.165, 1.54) is 13.2 Å². The predicted molar refractivity (Wildman–Crippen MR) is 72.4 cm³/mol. The van der Waals surface area contributed by atoms with Crippen molar-refractivity contribution in [2.75, 3.05) is 7.11 Å². The lowest BCUT2D eigenvalue weighted by Gasteiger charge is -2.19. The quantitative estimate of drug-likeness (QED) is 0.616. The number of likely N-dealkylation sites (tertiary alicyclic amines) is 1. The van der Waals surface area contributed by atoms with Crippen LogP contribution in [0, 0.1) is 0 Å². The molecule has 2 amide bonds. The van der Waals surface area contributed by atoms with Gasteiger partial charge in [-0.3, -0.25) is 14.5 Å². The Hall–Kier alpha value is -2.43. The van der Waals surface area contributed by atoms with E-state index in [0.717, 1.165) is 10.5 Å². The summed E-state index contributed by atoms with van der Waals surface area (Å²) in [5.41, 5.74) is 0.849. The smallest absolute Gasteiger partial charge is 0.329 e. The van der Waals surface area contributed by atoms with Gasteiger partial charge in [-0.2, -0.15) is 0 Å². The molecule has 5 heteroatoms. The molecule has 1 atom stereocenters. The third kappa shape index (κ3) is 2.93. The molecule has 1 heterocycles. The van der Waals surface area contributed by atoms with E-state index >= 15 is 0 Å². The van der Waals surface area contributed by atoms with Crippen molar-refractivity contribution < 1.29 is 19.1 Å². The summed E-state index contributed by atoms with van der Waals surface area (Å²) in [5, 5.41) is 0. The first-order valence-electron chi connectivity index (χ1n) is 6.30. The minimum atomic E-state index is -0.805. The van der Waals surface area contributed by atoms with Crippen molar-refractivity contribution in [3.63, 3.8) is 0 Å². The van der Waals surface area contributed by atoms with E-state index in [-0.39, 0.29) is 12.3 Å². The first-order chi connectivity index (χ1) is 9.63. The number of benzene rings is 1. The molecule has 5 nitrogen and oxygen atoms in total. The number of hydrogen-bond acceptors (Lipinski definition) is 4. The van der Waals surface area contributed by atoms with Crippen molar-refractivity contribution in [3.8, 4) is 0 Å². The molecule has 1 aliphatic heterocycles. The molecule has 0 spiro atoms. The third-order valence-corrected chi connectivity index (χ3v) is 3.14. The molecule has 0 saturated carbocycles. The highest BCUT2D eigenvalue weighted by Gasteiger charge is 2.39. The normalized spacial score (nSPS) is 18.6. The molecule has 20 heavy (non-hydrogen) atoms. The molecule has 1 fully saturated rings. The van der Waals surface area contributed by atoms with Crippen LogP contribution in [0.4, 0.5) is 0 Å². The van der Waals surface area contributed by atoms with Crippen LogP contribution >= 0.6 is 0 Å². The zero-order chi connectivity index (χ0) is 14.5. The van der Waals surface area contributed by atoms with Crippen molar-refractivity contribution in [1.29, 1.82) is 0 Å². The van der Waals surface area contributed by atoms with Gasteiger partial charge >= 0.3 is 5.97 Å². The van der Waals surface area contributed by atoms with Gasteiger partial charge in [-0.1, -0.05) is 30.3 Å². The van der Waals surface area contributed by atoms with Gasteiger partial charge in [0.15, 0.2) is 0 Å². The summed E-state index contributed by atoms with van der Waals surface area (Å²) in [7, 11) is 1.24. The van der Waals surface area contributed by atoms with Crippen LogP contribution in [0.15, 0.2) is 36.4 Å². The highest BCUT2D eigenvalue weighted by atomic mass is 16.5. The molecular weight excluding hydrogens is 258 g/mol. The van der Waals surface area contributed by atoms with Crippen LogP contribution in [0.25, 0.3) is 6.08 Å². The number of carbonyl (C=O) groups excluding carboxylic acids is 3. The summed E-state index contributed by atoms with van der Waals surface area (Å²) in [6.45, 7) is 0. The van der Waals surface area contributed by atoms with E-state index in [1.54, 1.807) is 6.08 Å². The van der Waals surface area contributed by atoms with Crippen molar-refractivity contribution in [3.05, 3.63) is 42.0 Å². The fraction of sp³-hybridized carbons (Fsp3) is 0.267. The molecular formula is C15H15NO4. The van der Waals surface area contributed by atoms with Gasteiger partial charge in [0.05, 0.1) is 7.11 Å². The molecule has 0 radical (unpaired) electrons. The molecule has 1 aromatic rings. The molecule has 1 saturated heterocycles. The minimum absolute atomic E-state index is 0.185. The summed E-state index contributed by atoms with van der Waals surface area (Å²) in [4.78, 5) is 36.3. The maximum atomic E-state index is 12.1. The average Bonchev–Trinajstić information content (AvgIpc) is 2.87. The standard InChI is InChI=1S/C15H15NO4/c1-20-15(19)12-8-10-14(18)16(12)13(17)9-7-11-5-3-2-4-6-11/h2-7,9,12H,8,10H2,1H3. The van der Waals surface area contributed by atoms with Gasteiger partial charge in [-0.25, -0.2) is 4.79 Å². The van der Waals surface area contributed by atoms with Crippen LogP contribution < -0.4 is 0 Å². The van der Waals surface area contributed by atoms with Crippen molar-refractivity contribution in [1.82, 2.24) is 4.90 Å². The third-order valence-electron chi connectivity index (χ3n) is 3.14. The summed E-state index contributed by atoms with van der Waals surface area (Å²) in [6.07, 6.45) is 3.41. The maximum absolute atomic E-state index is 12.1. The zero-order valence-corrected chi connectivity index (χ0v) is 11.1. The van der Waals surface area contributed by atoms with Gasteiger partial charge in [-0.05, 0) is 18.1 Å². The Morgan fingerprint density at radius 2 is 2.00 bits per heavy atom. The molecule has 0 N–H and O–H groups in total. The Bertz CT molecular complexity index is 550. The lowest BCUT2D eigenvalue weighted by atomic mass is 10.2. The van der Waals surface area contributed by atoms with Gasteiger partial charge in [0.2, 0.25) is 5.91 Å². The molecule has 0 aromatic heterocycles. The van der Waals surface area contributed by atoms with E-state index in [0.29, 0.717) is 6.42 Å². The van der Waals surface area contributed by atoms with Gasteiger partial charge in [0, 0.05) is 12.5 Å². The second kappa shape index (κ2) is 6.14. The lowest BCUT2D eigenvalue weighted by Crippen LogP contribution is -2.42. The van der Waals surface area contributed by atoms with Crippen LogP contribution in [0.1, 0.15) is 18.4 Å². The van der Waals surface area contributed by atoms with E-state index in [4.69, 9.17) is 0 Å². The molecule has 2 rings (SSSR count). The van der Waals surface area contributed by atoms with Crippen molar-refractivity contribution in [2.24, 2.45) is 0 Å². The SMILES string of the molecule is COC(=O)C1CCC(=O)N1C(=O)C=Cc1ccccc1. The zero-order valence-electron chi connectivity index (χ0n) is 11.1. The lowest BCUT2D eigenvalue weighted by molar-refractivity contribution is -0.154. The monoisotopic (exact) mass is 273 g/mol. The number of ether oxygens (including phenoxy) is 1. The number of hydrogen-bond donors (Lipinski definition) is 0. The Morgan fingerprint density at radius 1 is 1.30 bits per heavy atom. The van der Waals surface area contributed by atoms with Crippen molar-refractivity contribution in [2.45, 2.75) is 18.9 Å². The Labute approximate surface area is 116 Å². The Balaban J connectivity index is 2.12. The number of rotatable bonds is 3. The Kier molecular flexibility index (Phi) is 4.30. The first-order valence-corrected chi connectivity index (χ1v) is 6.30. The van der Waals surface area contributed by atoms with E-state index in [1.807, 2.05) is 30.3 Å². The van der Waals surface area contributed by atoms with Crippen LogP contribution in [0.2, 0.25) is 0 Å². The van der Waals surface area contributed by atoms with E-state index in [2.05, 4.69) is 4.74 Å². The van der Waals surface area contributed by atoms with Gasteiger partial charge in [-0.15, -0.1) is 0 Å². The second-order valence-corrected chi connectivity index (χ2v) is 4.42. The van der Waals surface area contributed by atoms with Gasteiger partial charge in [0.25, 0.3) is 5.91 Å². The fourth-order valence-corrected chi connectivity index (χ4v) is 2.13. The van der Waals surface area contributed by atoms with Crippen LogP contribution in [0.3, 0.4) is 0 Å². The summed E-state index contributed by atoms with van der Waals surface area (Å²) in [5.74, 6) is -1.40. The van der Waals surface area contributed by atoms with Crippen LogP contribution in [-0.2, 0) is 19.1 Å². The first kappa shape index (κ1) is 14.0. The number of amides is 2.